The Balaban J connectivity index is 0.00000306. The summed E-state index contributed by atoms with van der Waals surface area (Å²) in [6, 6.07) is 7.43. The fourth-order valence-corrected chi connectivity index (χ4v) is 6.00. The lowest BCUT2D eigenvalue weighted by molar-refractivity contribution is -0.119. The van der Waals surface area contributed by atoms with Gasteiger partial charge in [0.05, 0.1) is 34.5 Å². The Kier molecular flexibility index (Phi) is 7.24. The van der Waals surface area contributed by atoms with Gasteiger partial charge in [-0.25, -0.2) is 12.8 Å². The number of nitrogens with zero attached hydrogens (tertiary/aromatic N) is 1. The Morgan fingerprint density at radius 3 is 2.45 bits per heavy atom. The van der Waals surface area contributed by atoms with Crippen LogP contribution >= 0.6 is 24.0 Å². The van der Waals surface area contributed by atoms with Gasteiger partial charge in [-0.15, -0.1) is 12.4 Å². The highest BCUT2D eigenvalue weighted by atomic mass is 35.5. The molecule has 1 amide bonds. The van der Waals surface area contributed by atoms with E-state index in [-0.39, 0.29) is 46.9 Å². The molecule has 6 nitrogen and oxygen atoms in total. The number of halogens is 3. The monoisotopic (exact) mass is 514 g/mol. The van der Waals surface area contributed by atoms with Crippen LogP contribution in [-0.4, -0.2) is 31.9 Å². The number of carbonyl (C=O) groups is 2. The van der Waals surface area contributed by atoms with Gasteiger partial charge < -0.3 is 10.6 Å². The quantitative estimate of drug-likeness (QED) is 0.599. The van der Waals surface area contributed by atoms with Crippen LogP contribution in [0.4, 0.5) is 10.1 Å². The average Bonchev–Trinajstić information content (AvgIpc) is 2.76. The van der Waals surface area contributed by atoms with Gasteiger partial charge in [0.2, 0.25) is 5.91 Å². The van der Waals surface area contributed by atoms with Gasteiger partial charge in [-0.2, -0.15) is 0 Å². The molecular formula is C23H25Cl2FN2O4S. The van der Waals surface area contributed by atoms with Gasteiger partial charge in [0, 0.05) is 11.4 Å². The van der Waals surface area contributed by atoms with Crippen LogP contribution < -0.4 is 10.6 Å². The lowest BCUT2D eigenvalue weighted by Crippen LogP contribution is -2.45. The van der Waals surface area contributed by atoms with Crippen molar-refractivity contribution in [3.8, 4) is 0 Å². The average molecular weight is 515 g/mol. The largest absolute Gasteiger partial charge is 0.319 e. The molecule has 2 aromatic carbocycles. The standard InChI is InChI=1S/C23H24ClFN2O4S.ClH/c1-23(7-2-8-23)11-20(28)16-9-19-21(10-17(16)25)32(30,31)13-18(26)22(29)27(19)12-14-3-5-15(24)6-4-14;/h3-6,9-10,18H,2,7-8,11-13,26H2,1H3;1H/t18-;/m0./s1. The molecule has 2 aliphatic rings. The number of carbonyl (C=O) groups excluding carboxylic acids is 2. The highest BCUT2D eigenvalue weighted by Crippen LogP contribution is 2.44. The molecule has 2 N–H and O–H groups in total. The number of nitrogens with two attached hydrogens (primary N) is 1. The fraction of sp³-hybridized carbons (Fsp3) is 0.391. The molecular weight excluding hydrogens is 490 g/mol. The van der Waals surface area contributed by atoms with Crippen molar-refractivity contribution in [2.45, 2.75) is 50.1 Å². The molecule has 1 aliphatic heterocycles. The molecule has 1 heterocycles. The van der Waals surface area contributed by atoms with Gasteiger partial charge >= 0.3 is 0 Å². The molecule has 1 fully saturated rings. The van der Waals surface area contributed by atoms with Crippen molar-refractivity contribution in [3.63, 3.8) is 0 Å². The van der Waals surface area contributed by atoms with E-state index in [4.69, 9.17) is 17.3 Å². The molecule has 33 heavy (non-hydrogen) atoms. The summed E-state index contributed by atoms with van der Waals surface area (Å²) in [6.07, 6.45) is 2.96. The molecule has 0 unspecified atom stereocenters. The van der Waals surface area contributed by atoms with Gasteiger partial charge in [-0.1, -0.05) is 37.1 Å². The van der Waals surface area contributed by atoms with Crippen molar-refractivity contribution in [1.82, 2.24) is 0 Å². The summed E-state index contributed by atoms with van der Waals surface area (Å²) >= 11 is 5.93. The Bertz CT molecular complexity index is 1200. The Morgan fingerprint density at radius 2 is 1.88 bits per heavy atom. The van der Waals surface area contributed by atoms with Crippen molar-refractivity contribution in [3.05, 3.63) is 58.4 Å². The second kappa shape index (κ2) is 9.33. The van der Waals surface area contributed by atoms with Crippen molar-refractivity contribution in [1.29, 1.82) is 0 Å². The Morgan fingerprint density at radius 1 is 1.24 bits per heavy atom. The van der Waals surface area contributed by atoms with E-state index in [0.29, 0.717) is 10.6 Å². The molecule has 0 bridgehead atoms. The molecule has 0 radical (unpaired) electrons. The predicted molar refractivity (Wildman–Crippen MR) is 127 cm³/mol. The zero-order chi connectivity index (χ0) is 23.3. The van der Waals surface area contributed by atoms with Gasteiger partial charge in [-0.05, 0) is 48.1 Å². The first kappa shape index (κ1) is 25.6. The molecule has 178 valence electrons. The summed E-state index contributed by atoms with van der Waals surface area (Å²) in [4.78, 5) is 26.9. The lowest BCUT2D eigenvalue weighted by atomic mass is 9.67. The van der Waals surface area contributed by atoms with E-state index in [1.165, 1.54) is 11.0 Å². The fourth-order valence-electron chi connectivity index (χ4n) is 4.31. The first-order valence-corrected chi connectivity index (χ1v) is 12.4. The predicted octanol–water partition coefficient (Wildman–Crippen LogP) is 4.31. The molecule has 4 rings (SSSR count). The van der Waals surface area contributed by atoms with Crippen LogP contribution in [0.2, 0.25) is 5.02 Å². The maximum atomic E-state index is 15.0. The van der Waals surface area contributed by atoms with Crippen LogP contribution in [-0.2, 0) is 21.2 Å². The zero-order valence-corrected chi connectivity index (χ0v) is 20.4. The minimum absolute atomic E-state index is 0. The number of ketones is 1. The third-order valence-electron chi connectivity index (χ3n) is 6.36. The van der Waals surface area contributed by atoms with Crippen LogP contribution in [0.25, 0.3) is 0 Å². The minimum Gasteiger partial charge on any atom is -0.319 e. The van der Waals surface area contributed by atoms with Crippen molar-refractivity contribution >= 4 is 51.2 Å². The summed E-state index contributed by atoms with van der Waals surface area (Å²) < 4.78 is 40.7. The summed E-state index contributed by atoms with van der Waals surface area (Å²) in [5.41, 5.74) is 6.16. The summed E-state index contributed by atoms with van der Waals surface area (Å²) in [5.74, 6) is -2.56. The maximum Gasteiger partial charge on any atom is 0.245 e. The van der Waals surface area contributed by atoms with Gasteiger partial charge in [-0.3, -0.25) is 9.59 Å². The van der Waals surface area contributed by atoms with Crippen LogP contribution in [0.15, 0.2) is 41.3 Å². The highest BCUT2D eigenvalue weighted by Gasteiger charge is 2.39. The molecule has 1 atom stereocenters. The van der Waals surface area contributed by atoms with Gasteiger partial charge in [0.25, 0.3) is 0 Å². The van der Waals surface area contributed by atoms with E-state index >= 15 is 0 Å². The molecule has 0 aromatic heterocycles. The minimum atomic E-state index is -4.05. The molecule has 1 aliphatic carbocycles. The van der Waals surface area contributed by atoms with Crippen molar-refractivity contribution in [2.24, 2.45) is 11.1 Å². The molecule has 2 aromatic rings. The van der Waals surface area contributed by atoms with E-state index < -0.39 is 39.1 Å². The third-order valence-corrected chi connectivity index (χ3v) is 8.41. The van der Waals surface area contributed by atoms with Crippen LogP contribution in [0, 0.1) is 11.2 Å². The van der Waals surface area contributed by atoms with E-state index in [0.717, 1.165) is 25.3 Å². The number of sulfone groups is 1. The topological polar surface area (TPSA) is 97.5 Å². The number of hydrogen-bond acceptors (Lipinski definition) is 5. The zero-order valence-electron chi connectivity index (χ0n) is 18.0. The number of hydrogen-bond donors (Lipinski definition) is 1. The molecule has 0 spiro atoms. The number of benzene rings is 2. The van der Waals surface area contributed by atoms with Crippen LogP contribution in [0.1, 0.15) is 48.5 Å². The lowest BCUT2D eigenvalue weighted by Gasteiger charge is -2.37. The van der Waals surface area contributed by atoms with Gasteiger partial charge in [0.1, 0.15) is 5.82 Å². The van der Waals surface area contributed by atoms with Gasteiger partial charge in [0.15, 0.2) is 15.6 Å². The highest BCUT2D eigenvalue weighted by molar-refractivity contribution is 7.91. The molecule has 0 saturated heterocycles. The van der Waals surface area contributed by atoms with E-state index in [1.807, 2.05) is 6.92 Å². The summed E-state index contributed by atoms with van der Waals surface area (Å²) in [7, 11) is -4.05. The SMILES string of the molecule is CC1(CC(=O)c2cc3c(cc2F)S(=O)(=O)C[C@H](N)C(=O)N3Cc2ccc(Cl)cc2)CCC1.Cl. The van der Waals surface area contributed by atoms with E-state index in [2.05, 4.69) is 0 Å². The maximum absolute atomic E-state index is 15.0. The number of fused-ring (bicyclic) bond motifs is 1. The number of amides is 1. The first-order chi connectivity index (χ1) is 15.0. The third kappa shape index (κ3) is 5.09. The Labute approximate surface area is 203 Å². The van der Waals surface area contributed by atoms with Crippen molar-refractivity contribution < 1.29 is 22.4 Å². The van der Waals surface area contributed by atoms with Crippen molar-refractivity contribution in [2.75, 3.05) is 10.7 Å². The Hall–Kier alpha value is -2.00. The smallest absolute Gasteiger partial charge is 0.245 e. The van der Waals surface area contributed by atoms with Crippen LogP contribution in [0.5, 0.6) is 0 Å². The molecule has 10 heteroatoms. The molecule has 1 saturated carbocycles. The summed E-state index contributed by atoms with van der Waals surface area (Å²) in [6.45, 7) is 1.98. The number of Topliss-reactive ketones (excluding diaryl/α,β-unsaturated/α-hetero) is 1. The second-order valence-corrected chi connectivity index (χ2v) is 11.4. The van der Waals surface area contributed by atoms with Crippen LogP contribution in [0.3, 0.4) is 0 Å². The van der Waals surface area contributed by atoms with E-state index in [1.54, 1.807) is 24.3 Å². The number of rotatable bonds is 5. The first-order valence-electron chi connectivity index (χ1n) is 10.4. The normalized spacial score (nSPS) is 20.8. The van der Waals surface area contributed by atoms with E-state index in [9.17, 15) is 22.4 Å². The number of anilines is 1. The summed E-state index contributed by atoms with van der Waals surface area (Å²) in [5, 5.41) is 0.509. The second-order valence-electron chi connectivity index (χ2n) is 9.00.